The fourth-order valence-electron chi connectivity index (χ4n) is 1.40. The van der Waals surface area contributed by atoms with Gasteiger partial charge in [-0.05, 0) is 24.1 Å². The number of methoxy groups -OCH3 is 1. The van der Waals surface area contributed by atoms with Crippen LogP contribution in [0.5, 0.6) is 0 Å². The van der Waals surface area contributed by atoms with Crippen molar-refractivity contribution in [1.29, 1.82) is 0 Å². The van der Waals surface area contributed by atoms with E-state index in [4.69, 9.17) is 0 Å². The van der Waals surface area contributed by atoms with Crippen LogP contribution in [-0.2, 0) is 17.7 Å². The van der Waals surface area contributed by atoms with E-state index in [0.717, 1.165) is 12.0 Å². The van der Waals surface area contributed by atoms with E-state index in [1.807, 2.05) is 12.1 Å². The van der Waals surface area contributed by atoms with Crippen molar-refractivity contribution in [3.05, 3.63) is 42.0 Å². The number of carbonyl (C=O) groups excluding carboxylic acids is 1. The summed E-state index contributed by atoms with van der Waals surface area (Å²) < 4.78 is 6.17. The van der Waals surface area contributed by atoms with Gasteiger partial charge in [0.1, 0.15) is 0 Å². The van der Waals surface area contributed by atoms with Crippen molar-refractivity contribution in [1.82, 2.24) is 20.0 Å². The Balaban J connectivity index is 1.96. The third-order valence-corrected chi connectivity index (χ3v) is 2.31. The maximum absolute atomic E-state index is 11.2. The molecule has 0 aliphatic carbocycles. The van der Waals surface area contributed by atoms with E-state index in [1.54, 1.807) is 23.3 Å². The molecule has 2 rings (SSSR count). The number of ether oxygens (including phenoxy) is 1. The van der Waals surface area contributed by atoms with Gasteiger partial charge in [-0.25, -0.2) is 4.79 Å². The zero-order chi connectivity index (χ0) is 12.1. The summed E-state index contributed by atoms with van der Waals surface area (Å²) in [5.41, 5.74) is 1.39. The van der Waals surface area contributed by atoms with E-state index in [-0.39, 0.29) is 5.69 Å². The van der Waals surface area contributed by atoms with Crippen LogP contribution in [0.1, 0.15) is 16.1 Å². The maximum Gasteiger partial charge on any atom is 0.360 e. The van der Waals surface area contributed by atoms with Crippen molar-refractivity contribution in [2.75, 3.05) is 7.11 Å². The highest BCUT2D eigenvalue weighted by Crippen LogP contribution is 2.01. The second-order valence-electron chi connectivity index (χ2n) is 3.46. The molecule has 0 amide bonds. The minimum Gasteiger partial charge on any atom is -0.464 e. The first kappa shape index (κ1) is 11.3. The summed E-state index contributed by atoms with van der Waals surface area (Å²) in [6.07, 6.45) is 5.88. The standard InChI is InChI=1S/C11H12N4O2/c1-17-11(16)10-8-15(14-13-10)7-4-9-2-5-12-6-3-9/h2-3,5-6,8H,4,7H2,1H3. The lowest BCUT2D eigenvalue weighted by Crippen LogP contribution is -2.02. The minimum atomic E-state index is -0.472. The van der Waals surface area contributed by atoms with E-state index in [0.29, 0.717) is 6.54 Å². The molecule has 0 N–H and O–H groups in total. The minimum absolute atomic E-state index is 0.224. The molecule has 2 heterocycles. The lowest BCUT2D eigenvalue weighted by atomic mass is 10.2. The molecule has 2 aromatic rings. The summed E-state index contributed by atoms with van der Waals surface area (Å²) >= 11 is 0. The highest BCUT2D eigenvalue weighted by atomic mass is 16.5. The van der Waals surface area contributed by atoms with Crippen LogP contribution < -0.4 is 0 Å². The first-order valence-corrected chi connectivity index (χ1v) is 5.17. The van der Waals surface area contributed by atoms with Crippen molar-refractivity contribution in [3.8, 4) is 0 Å². The highest BCUT2D eigenvalue weighted by Gasteiger charge is 2.09. The Morgan fingerprint density at radius 3 is 2.88 bits per heavy atom. The van der Waals surface area contributed by atoms with Gasteiger partial charge in [-0.3, -0.25) is 9.67 Å². The Bertz CT molecular complexity index is 495. The predicted molar refractivity (Wildman–Crippen MR) is 59.3 cm³/mol. The van der Waals surface area contributed by atoms with Gasteiger partial charge in [-0.2, -0.15) is 0 Å². The van der Waals surface area contributed by atoms with Gasteiger partial charge < -0.3 is 4.74 Å². The van der Waals surface area contributed by atoms with Crippen molar-refractivity contribution in [2.45, 2.75) is 13.0 Å². The van der Waals surface area contributed by atoms with E-state index < -0.39 is 5.97 Å². The molecule has 0 aliphatic heterocycles. The van der Waals surface area contributed by atoms with Gasteiger partial charge in [0, 0.05) is 18.9 Å². The Hall–Kier alpha value is -2.24. The molecule has 0 aromatic carbocycles. The van der Waals surface area contributed by atoms with Gasteiger partial charge in [0.2, 0.25) is 0 Å². The van der Waals surface area contributed by atoms with Crippen molar-refractivity contribution in [2.24, 2.45) is 0 Å². The Morgan fingerprint density at radius 1 is 1.41 bits per heavy atom. The zero-order valence-electron chi connectivity index (χ0n) is 9.41. The van der Waals surface area contributed by atoms with Crippen LogP contribution in [-0.4, -0.2) is 33.1 Å². The summed E-state index contributed by atoms with van der Waals surface area (Å²) in [4.78, 5) is 15.1. The Kier molecular flexibility index (Phi) is 3.44. The molecule has 17 heavy (non-hydrogen) atoms. The Labute approximate surface area is 98.2 Å². The van der Waals surface area contributed by atoms with Crippen LogP contribution in [0.2, 0.25) is 0 Å². The van der Waals surface area contributed by atoms with E-state index >= 15 is 0 Å². The summed E-state index contributed by atoms with van der Waals surface area (Å²) in [6.45, 7) is 0.661. The molecule has 0 bridgehead atoms. The molecular weight excluding hydrogens is 220 g/mol. The molecule has 0 fully saturated rings. The number of carbonyl (C=O) groups is 1. The normalized spacial score (nSPS) is 10.2. The predicted octanol–water partition coefficient (Wildman–Crippen LogP) is 0.702. The first-order chi connectivity index (χ1) is 8.29. The average Bonchev–Trinajstić information content (AvgIpc) is 2.85. The summed E-state index contributed by atoms with van der Waals surface area (Å²) in [6, 6.07) is 3.89. The molecule has 88 valence electrons. The van der Waals surface area contributed by atoms with Crippen LogP contribution >= 0.6 is 0 Å². The fraction of sp³-hybridized carbons (Fsp3) is 0.273. The molecule has 0 radical (unpaired) electrons. The molecule has 0 unspecified atom stereocenters. The average molecular weight is 232 g/mol. The van der Waals surface area contributed by atoms with E-state index in [9.17, 15) is 4.79 Å². The van der Waals surface area contributed by atoms with Gasteiger partial charge in [-0.1, -0.05) is 5.21 Å². The van der Waals surface area contributed by atoms with Crippen LogP contribution in [0.3, 0.4) is 0 Å². The highest BCUT2D eigenvalue weighted by molar-refractivity contribution is 5.86. The number of hydrogen-bond donors (Lipinski definition) is 0. The fourth-order valence-corrected chi connectivity index (χ4v) is 1.40. The summed E-state index contributed by atoms with van der Waals surface area (Å²) in [5, 5.41) is 7.58. The van der Waals surface area contributed by atoms with Crippen LogP contribution in [0.15, 0.2) is 30.7 Å². The largest absolute Gasteiger partial charge is 0.464 e. The van der Waals surface area contributed by atoms with E-state index in [1.165, 1.54) is 7.11 Å². The third kappa shape index (κ3) is 2.87. The molecule has 6 heteroatoms. The maximum atomic E-state index is 11.2. The molecular formula is C11H12N4O2. The lowest BCUT2D eigenvalue weighted by Gasteiger charge is -1.99. The second-order valence-corrected chi connectivity index (χ2v) is 3.46. The number of rotatable bonds is 4. The quantitative estimate of drug-likeness (QED) is 0.726. The molecule has 0 atom stereocenters. The van der Waals surface area contributed by atoms with Gasteiger partial charge in [0.05, 0.1) is 13.3 Å². The smallest absolute Gasteiger partial charge is 0.360 e. The zero-order valence-corrected chi connectivity index (χ0v) is 9.41. The third-order valence-electron chi connectivity index (χ3n) is 2.31. The van der Waals surface area contributed by atoms with Gasteiger partial charge in [0.15, 0.2) is 5.69 Å². The Morgan fingerprint density at radius 2 is 2.18 bits per heavy atom. The number of hydrogen-bond acceptors (Lipinski definition) is 5. The van der Waals surface area contributed by atoms with E-state index in [2.05, 4.69) is 20.0 Å². The summed E-state index contributed by atoms with van der Waals surface area (Å²) in [7, 11) is 1.32. The molecule has 2 aromatic heterocycles. The number of esters is 1. The lowest BCUT2D eigenvalue weighted by molar-refractivity contribution is 0.0594. The second kappa shape index (κ2) is 5.20. The number of aromatic nitrogens is 4. The van der Waals surface area contributed by atoms with Gasteiger partial charge in [-0.15, -0.1) is 5.10 Å². The van der Waals surface area contributed by atoms with Crippen LogP contribution in [0, 0.1) is 0 Å². The summed E-state index contributed by atoms with van der Waals surface area (Å²) in [5.74, 6) is -0.472. The van der Waals surface area contributed by atoms with Gasteiger partial charge >= 0.3 is 5.97 Å². The number of aryl methyl sites for hydroxylation is 2. The number of pyridine rings is 1. The number of nitrogens with zero attached hydrogens (tertiary/aromatic N) is 4. The van der Waals surface area contributed by atoms with Crippen LogP contribution in [0.25, 0.3) is 0 Å². The SMILES string of the molecule is COC(=O)c1cn(CCc2ccncc2)nn1. The monoisotopic (exact) mass is 232 g/mol. The first-order valence-electron chi connectivity index (χ1n) is 5.17. The molecule has 0 aliphatic rings. The molecule has 6 nitrogen and oxygen atoms in total. The molecule has 0 saturated heterocycles. The molecule has 0 spiro atoms. The molecule has 0 saturated carbocycles. The topological polar surface area (TPSA) is 69.9 Å². The van der Waals surface area contributed by atoms with Crippen molar-refractivity contribution < 1.29 is 9.53 Å². The van der Waals surface area contributed by atoms with Crippen LogP contribution in [0.4, 0.5) is 0 Å². The van der Waals surface area contributed by atoms with Crippen molar-refractivity contribution >= 4 is 5.97 Å². The van der Waals surface area contributed by atoms with Gasteiger partial charge in [0.25, 0.3) is 0 Å². The van der Waals surface area contributed by atoms with Crippen molar-refractivity contribution in [3.63, 3.8) is 0 Å².